The molecule has 1 aromatic carbocycles. The molecule has 0 fully saturated rings. The smallest absolute Gasteiger partial charge is 0.271 e. The van der Waals surface area contributed by atoms with Crippen molar-refractivity contribution in [2.75, 3.05) is 18.4 Å². The van der Waals surface area contributed by atoms with Gasteiger partial charge < -0.3 is 10.6 Å². The summed E-state index contributed by atoms with van der Waals surface area (Å²) in [4.78, 5) is 20.0. The van der Waals surface area contributed by atoms with Crippen LogP contribution in [0.5, 0.6) is 0 Å². The Labute approximate surface area is 135 Å². The number of carbonyl (C=O) groups is 1. The van der Waals surface area contributed by atoms with E-state index in [0.29, 0.717) is 18.1 Å². The van der Waals surface area contributed by atoms with Crippen molar-refractivity contribution in [3.63, 3.8) is 0 Å². The third-order valence-corrected chi connectivity index (χ3v) is 3.26. The Hall–Kier alpha value is -2.14. The van der Waals surface area contributed by atoms with E-state index in [0.717, 1.165) is 30.0 Å². The number of hydrogen-bond donors (Lipinski definition) is 2. The molecule has 6 heteroatoms. The molecule has 2 N–H and O–H groups in total. The molecule has 0 bridgehead atoms. The third-order valence-electron chi connectivity index (χ3n) is 3.03. The van der Waals surface area contributed by atoms with E-state index in [4.69, 9.17) is 11.6 Å². The Morgan fingerprint density at radius 3 is 2.77 bits per heavy atom. The fourth-order valence-corrected chi connectivity index (χ4v) is 2.11. The summed E-state index contributed by atoms with van der Waals surface area (Å²) in [7, 11) is 0. The van der Waals surface area contributed by atoms with Crippen molar-refractivity contribution in [1.82, 2.24) is 15.3 Å². The maximum atomic E-state index is 11.7. The van der Waals surface area contributed by atoms with Crippen LogP contribution in [-0.2, 0) is 6.42 Å². The lowest BCUT2D eigenvalue weighted by molar-refractivity contribution is 0.0948. The van der Waals surface area contributed by atoms with E-state index in [1.54, 1.807) is 6.20 Å². The van der Waals surface area contributed by atoms with Crippen molar-refractivity contribution in [3.8, 4) is 0 Å². The molecule has 116 valence electrons. The molecule has 0 spiro atoms. The standard InChI is InChI=1S/C16H19ClN4O/c1-2-7-19-16(22)14-10-21-15(11-20-14)18-8-6-12-4-3-5-13(17)9-12/h3-5,9-11H,2,6-8H2,1H3,(H,18,21)(H,19,22). The van der Waals surface area contributed by atoms with Crippen LogP contribution in [0.25, 0.3) is 0 Å². The number of aromatic nitrogens is 2. The number of hydrogen-bond acceptors (Lipinski definition) is 4. The van der Waals surface area contributed by atoms with Crippen LogP contribution >= 0.6 is 11.6 Å². The number of benzene rings is 1. The van der Waals surface area contributed by atoms with Gasteiger partial charge in [0.1, 0.15) is 11.5 Å². The molecule has 5 nitrogen and oxygen atoms in total. The van der Waals surface area contributed by atoms with E-state index in [9.17, 15) is 4.79 Å². The number of rotatable bonds is 7. The summed E-state index contributed by atoms with van der Waals surface area (Å²) in [5.74, 6) is 0.453. The third kappa shape index (κ3) is 5.00. The van der Waals surface area contributed by atoms with Gasteiger partial charge in [-0.3, -0.25) is 4.79 Å². The molecule has 0 aliphatic carbocycles. The summed E-state index contributed by atoms with van der Waals surface area (Å²) in [6, 6.07) is 7.75. The van der Waals surface area contributed by atoms with Gasteiger partial charge in [-0.1, -0.05) is 30.7 Å². The van der Waals surface area contributed by atoms with Crippen LogP contribution in [0.4, 0.5) is 5.82 Å². The molecule has 0 saturated heterocycles. The first-order valence-corrected chi connectivity index (χ1v) is 7.65. The Kier molecular flexibility index (Phi) is 6.15. The summed E-state index contributed by atoms with van der Waals surface area (Å²) < 4.78 is 0. The van der Waals surface area contributed by atoms with Crippen LogP contribution < -0.4 is 10.6 Å². The van der Waals surface area contributed by atoms with Crippen molar-refractivity contribution >= 4 is 23.3 Å². The fourth-order valence-electron chi connectivity index (χ4n) is 1.89. The van der Waals surface area contributed by atoms with Crippen LogP contribution in [0.1, 0.15) is 29.4 Å². The summed E-state index contributed by atoms with van der Waals surface area (Å²) in [6.45, 7) is 3.36. The summed E-state index contributed by atoms with van der Waals surface area (Å²) in [5.41, 5.74) is 1.48. The first-order chi connectivity index (χ1) is 10.7. The summed E-state index contributed by atoms with van der Waals surface area (Å²) in [5, 5.41) is 6.67. The molecule has 2 rings (SSSR count). The van der Waals surface area contributed by atoms with Crippen molar-refractivity contribution in [1.29, 1.82) is 0 Å². The van der Waals surface area contributed by atoms with Crippen LogP contribution in [0.3, 0.4) is 0 Å². The number of anilines is 1. The van der Waals surface area contributed by atoms with Gasteiger partial charge in [-0.05, 0) is 30.5 Å². The molecule has 0 saturated carbocycles. The van der Waals surface area contributed by atoms with Gasteiger partial charge in [-0.2, -0.15) is 0 Å². The quantitative estimate of drug-likeness (QED) is 0.823. The second-order valence-electron chi connectivity index (χ2n) is 4.85. The molecule has 0 aliphatic rings. The van der Waals surface area contributed by atoms with Crippen LogP contribution in [0, 0.1) is 0 Å². The largest absolute Gasteiger partial charge is 0.368 e. The number of halogens is 1. The van der Waals surface area contributed by atoms with E-state index in [1.165, 1.54) is 6.20 Å². The van der Waals surface area contributed by atoms with Crippen LogP contribution in [0.15, 0.2) is 36.7 Å². The van der Waals surface area contributed by atoms with Gasteiger partial charge in [0.25, 0.3) is 5.91 Å². The van der Waals surface area contributed by atoms with Gasteiger partial charge in [0, 0.05) is 18.1 Å². The highest BCUT2D eigenvalue weighted by atomic mass is 35.5. The van der Waals surface area contributed by atoms with E-state index < -0.39 is 0 Å². The highest BCUT2D eigenvalue weighted by Gasteiger charge is 2.06. The zero-order valence-corrected chi connectivity index (χ0v) is 13.2. The topological polar surface area (TPSA) is 66.9 Å². The lowest BCUT2D eigenvalue weighted by Gasteiger charge is -2.07. The monoisotopic (exact) mass is 318 g/mol. The molecule has 2 aromatic rings. The van der Waals surface area contributed by atoms with E-state index in [-0.39, 0.29) is 5.91 Å². The zero-order chi connectivity index (χ0) is 15.8. The van der Waals surface area contributed by atoms with E-state index in [1.807, 2.05) is 31.2 Å². The molecule has 22 heavy (non-hydrogen) atoms. The highest BCUT2D eigenvalue weighted by molar-refractivity contribution is 6.30. The maximum absolute atomic E-state index is 11.7. The molecule has 1 amide bonds. The SMILES string of the molecule is CCCNC(=O)c1cnc(NCCc2cccc(Cl)c2)cn1. The van der Waals surface area contributed by atoms with Gasteiger partial charge in [0.2, 0.25) is 0 Å². The number of carbonyl (C=O) groups excluding carboxylic acids is 1. The number of nitrogens with zero attached hydrogens (tertiary/aromatic N) is 2. The molecule has 1 aromatic heterocycles. The normalized spacial score (nSPS) is 10.3. The van der Waals surface area contributed by atoms with E-state index >= 15 is 0 Å². The van der Waals surface area contributed by atoms with Gasteiger partial charge in [-0.15, -0.1) is 0 Å². The second kappa shape index (κ2) is 8.34. The molecule has 1 heterocycles. The van der Waals surface area contributed by atoms with Crippen LogP contribution in [0.2, 0.25) is 5.02 Å². The summed E-state index contributed by atoms with van der Waals surface area (Å²) in [6.07, 6.45) is 4.77. The van der Waals surface area contributed by atoms with Gasteiger partial charge >= 0.3 is 0 Å². The molecular weight excluding hydrogens is 300 g/mol. The first-order valence-electron chi connectivity index (χ1n) is 7.27. The molecule has 0 radical (unpaired) electrons. The lowest BCUT2D eigenvalue weighted by atomic mass is 10.1. The number of amides is 1. The highest BCUT2D eigenvalue weighted by Crippen LogP contribution is 2.11. The van der Waals surface area contributed by atoms with Gasteiger partial charge in [0.15, 0.2) is 0 Å². The van der Waals surface area contributed by atoms with Gasteiger partial charge in [0.05, 0.1) is 12.4 Å². The number of nitrogens with one attached hydrogen (secondary N) is 2. The van der Waals surface area contributed by atoms with Crippen molar-refractivity contribution in [2.45, 2.75) is 19.8 Å². The second-order valence-corrected chi connectivity index (χ2v) is 5.29. The zero-order valence-electron chi connectivity index (χ0n) is 12.5. The molecule has 0 atom stereocenters. The Balaban J connectivity index is 1.82. The van der Waals surface area contributed by atoms with E-state index in [2.05, 4.69) is 20.6 Å². The van der Waals surface area contributed by atoms with Crippen molar-refractivity contribution in [3.05, 3.63) is 52.9 Å². The predicted octanol–water partition coefficient (Wildman–Crippen LogP) is 2.92. The average Bonchev–Trinajstić information content (AvgIpc) is 2.53. The molecule has 0 aliphatic heterocycles. The Morgan fingerprint density at radius 1 is 1.23 bits per heavy atom. The Morgan fingerprint density at radius 2 is 2.09 bits per heavy atom. The lowest BCUT2D eigenvalue weighted by Crippen LogP contribution is -2.25. The van der Waals surface area contributed by atoms with Gasteiger partial charge in [-0.25, -0.2) is 9.97 Å². The first kappa shape index (κ1) is 16.2. The maximum Gasteiger partial charge on any atom is 0.271 e. The minimum absolute atomic E-state index is 0.195. The predicted molar refractivity (Wildman–Crippen MR) is 88.3 cm³/mol. The minimum atomic E-state index is -0.195. The Bertz CT molecular complexity index is 616. The molecular formula is C16H19ClN4O. The van der Waals surface area contributed by atoms with Crippen molar-refractivity contribution < 1.29 is 4.79 Å². The van der Waals surface area contributed by atoms with Crippen molar-refractivity contribution in [2.24, 2.45) is 0 Å². The summed E-state index contributed by atoms with van der Waals surface area (Å²) >= 11 is 5.94. The molecule has 0 unspecified atom stereocenters. The van der Waals surface area contributed by atoms with Crippen LogP contribution in [-0.4, -0.2) is 29.0 Å². The minimum Gasteiger partial charge on any atom is -0.368 e. The fraction of sp³-hybridized carbons (Fsp3) is 0.312. The average molecular weight is 319 g/mol.